The zero-order chi connectivity index (χ0) is 18.0. The van der Waals surface area contributed by atoms with Gasteiger partial charge in [-0.05, 0) is 77.6 Å². The maximum atomic E-state index is 5.95. The Morgan fingerprint density at radius 3 is 1.88 bits per heavy atom. The molecule has 134 valence electrons. The van der Waals surface area contributed by atoms with Crippen LogP contribution in [0.1, 0.15) is 77.6 Å². The van der Waals surface area contributed by atoms with Gasteiger partial charge in [-0.3, -0.25) is 0 Å². The van der Waals surface area contributed by atoms with Crippen LogP contribution in [0.15, 0.2) is 12.1 Å². The Labute approximate surface area is 145 Å². The quantitative estimate of drug-likeness (QED) is 0.589. The third-order valence-corrected chi connectivity index (χ3v) is 4.50. The molecule has 3 rings (SSSR count). The van der Waals surface area contributed by atoms with Gasteiger partial charge in [-0.25, -0.2) is 19.6 Å². The van der Waals surface area contributed by atoms with E-state index in [-0.39, 0.29) is 11.2 Å². The molecule has 2 aliphatic carbocycles. The van der Waals surface area contributed by atoms with Gasteiger partial charge in [-0.2, -0.15) is 0 Å². The normalized spacial score (nSPS) is 28.7. The molecule has 1 aromatic rings. The van der Waals surface area contributed by atoms with Gasteiger partial charge in [0, 0.05) is 12.8 Å². The summed E-state index contributed by atoms with van der Waals surface area (Å²) in [7, 11) is 0. The van der Waals surface area contributed by atoms with Crippen molar-refractivity contribution in [3.05, 3.63) is 34.4 Å². The van der Waals surface area contributed by atoms with Crippen molar-refractivity contribution < 1.29 is 19.6 Å². The molecule has 0 saturated carbocycles. The zero-order valence-electron chi connectivity index (χ0n) is 16.2. The SMILES string of the molecule is CC(C)(C)OOC1(C)Cc2c3ccc1c2C(C)(OOC(C)(C)C)C3. The van der Waals surface area contributed by atoms with Crippen molar-refractivity contribution in [1.82, 2.24) is 0 Å². The molecule has 24 heavy (non-hydrogen) atoms. The van der Waals surface area contributed by atoms with Crippen molar-refractivity contribution in [3.63, 3.8) is 0 Å². The lowest BCUT2D eigenvalue weighted by atomic mass is 9.92. The first kappa shape index (κ1) is 17.9. The fourth-order valence-corrected chi connectivity index (χ4v) is 3.57. The molecule has 0 radical (unpaired) electrons. The summed E-state index contributed by atoms with van der Waals surface area (Å²) < 4.78 is 0. The minimum atomic E-state index is -0.483. The topological polar surface area (TPSA) is 36.9 Å². The van der Waals surface area contributed by atoms with Crippen LogP contribution in [0.5, 0.6) is 0 Å². The largest absolute Gasteiger partial charge is 0.230 e. The Morgan fingerprint density at radius 2 is 1.33 bits per heavy atom. The molecule has 0 heterocycles. The molecule has 2 aliphatic rings. The van der Waals surface area contributed by atoms with Gasteiger partial charge in [0.15, 0.2) is 0 Å². The van der Waals surface area contributed by atoms with Crippen molar-refractivity contribution in [3.8, 4) is 0 Å². The predicted molar refractivity (Wildman–Crippen MR) is 92.4 cm³/mol. The fraction of sp³-hybridized carbons (Fsp3) is 0.700. The van der Waals surface area contributed by atoms with E-state index in [1.165, 1.54) is 16.7 Å². The summed E-state index contributed by atoms with van der Waals surface area (Å²) in [5, 5.41) is 0. The summed E-state index contributed by atoms with van der Waals surface area (Å²) in [5.74, 6) is 0. The van der Waals surface area contributed by atoms with Gasteiger partial charge in [0.05, 0.1) is 11.2 Å². The molecule has 0 saturated heterocycles. The van der Waals surface area contributed by atoms with Gasteiger partial charge in [0.1, 0.15) is 11.2 Å². The summed E-state index contributed by atoms with van der Waals surface area (Å²) >= 11 is 0. The maximum absolute atomic E-state index is 5.95. The molecule has 1 aromatic carbocycles. The van der Waals surface area contributed by atoms with Gasteiger partial charge >= 0.3 is 0 Å². The van der Waals surface area contributed by atoms with Crippen LogP contribution in [-0.2, 0) is 43.6 Å². The smallest absolute Gasteiger partial charge is 0.130 e. The van der Waals surface area contributed by atoms with Gasteiger partial charge in [0.25, 0.3) is 0 Å². The summed E-state index contributed by atoms with van der Waals surface area (Å²) in [5.41, 5.74) is 3.35. The highest BCUT2D eigenvalue weighted by Gasteiger charge is 2.52. The van der Waals surface area contributed by atoms with Crippen molar-refractivity contribution in [1.29, 1.82) is 0 Å². The molecule has 0 aliphatic heterocycles. The monoisotopic (exact) mass is 334 g/mol. The molecule has 2 unspecified atom stereocenters. The van der Waals surface area contributed by atoms with Crippen molar-refractivity contribution in [2.45, 2.75) is 90.6 Å². The summed E-state index contributed by atoms with van der Waals surface area (Å²) in [4.78, 5) is 23.2. The second kappa shape index (κ2) is 5.28. The van der Waals surface area contributed by atoms with Gasteiger partial charge in [-0.15, -0.1) is 0 Å². The molecule has 0 spiro atoms. The molecule has 4 bridgehead atoms. The molecule has 4 nitrogen and oxygen atoms in total. The number of hydrogen-bond acceptors (Lipinski definition) is 4. The van der Waals surface area contributed by atoms with Crippen LogP contribution in [-0.4, -0.2) is 11.2 Å². The lowest BCUT2D eigenvalue weighted by molar-refractivity contribution is -0.408. The highest BCUT2D eigenvalue weighted by molar-refractivity contribution is 5.58. The van der Waals surface area contributed by atoms with E-state index in [0.717, 1.165) is 18.4 Å². The molecule has 0 aromatic heterocycles. The first-order valence-corrected chi connectivity index (χ1v) is 8.72. The van der Waals surface area contributed by atoms with E-state index in [1.807, 2.05) is 41.5 Å². The maximum Gasteiger partial charge on any atom is 0.130 e. The van der Waals surface area contributed by atoms with Gasteiger partial charge in [-0.1, -0.05) is 12.1 Å². The second-order valence-electron chi connectivity index (χ2n) is 9.50. The highest BCUT2D eigenvalue weighted by Crippen LogP contribution is 2.54. The minimum Gasteiger partial charge on any atom is -0.230 e. The summed E-state index contributed by atoms with van der Waals surface area (Å²) in [6, 6.07) is 4.34. The molecule has 0 fully saturated rings. The summed E-state index contributed by atoms with van der Waals surface area (Å²) in [6.07, 6.45) is 1.65. The lowest BCUT2D eigenvalue weighted by Gasteiger charge is -2.32. The Kier molecular flexibility index (Phi) is 3.93. The predicted octanol–water partition coefficient (Wildman–Crippen LogP) is 4.72. The number of rotatable bonds is 4. The van der Waals surface area contributed by atoms with Gasteiger partial charge < -0.3 is 0 Å². The average Bonchev–Trinajstić information content (AvgIpc) is 2.73. The van der Waals surface area contributed by atoms with E-state index in [2.05, 4.69) is 26.0 Å². The van der Waals surface area contributed by atoms with E-state index in [4.69, 9.17) is 19.6 Å². The standard InChI is InChI=1S/C20H30O4/c1-17(2,3)21-23-19(7)12-14-13-9-10-15(19)16(14)20(8,11-13)24-22-18(4,5)6/h9-10H,11-12H2,1-8H3. The van der Waals surface area contributed by atoms with Gasteiger partial charge in [0.2, 0.25) is 0 Å². The van der Waals surface area contributed by atoms with Crippen LogP contribution in [0.2, 0.25) is 0 Å². The third kappa shape index (κ3) is 3.13. The van der Waals surface area contributed by atoms with Crippen LogP contribution in [0.4, 0.5) is 0 Å². The van der Waals surface area contributed by atoms with Crippen LogP contribution in [0.25, 0.3) is 0 Å². The summed E-state index contributed by atoms with van der Waals surface area (Å²) in [6.45, 7) is 16.1. The van der Waals surface area contributed by atoms with E-state index in [0.29, 0.717) is 0 Å². The van der Waals surface area contributed by atoms with Crippen molar-refractivity contribution in [2.24, 2.45) is 0 Å². The highest BCUT2D eigenvalue weighted by atomic mass is 17.2. The Bertz CT molecular complexity index is 653. The lowest BCUT2D eigenvalue weighted by Crippen LogP contribution is -2.34. The van der Waals surface area contributed by atoms with Crippen molar-refractivity contribution in [2.75, 3.05) is 0 Å². The third-order valence-electron chi connectivity index (χ3n) is 4.50. The van der Waals surface area contributed by atoms with Crippen LogP contribution < -0.4 is 0 Å². The fourth-order valence-electron chi connectivity index (χ4n) is 3.57. The molecule has 2 atom stereocenters. The van der Waals surface area contributed by atoms with E-state index in [9.17, 15) is 0 Å². The Balaban J connectivity index is 1.88. The van der Waals surface area contributed by atoms with E-state index in [1.54, 1.807) is 0 Å². The Morgan fingerprint density at radius 1 is 0.792 bits per heavy atom. The molecular formula is C20H30O4. The number of hydrogen-bond donors (Lipinski definition) is 0. The Hall–Kier alpha value is -0.940. The first-order chi connectivity index (χ1) is 10.8. The van der Waals surface area contributed by atoms with E-state index < -0.39 is 11.2 Å². The number of benzene rings is 1. The minimum absolute atomic E-state index is 0.345. The molecule has 4 heteroatoms. The average molecular weight is 334 g/mol. The van der Waals surface area contributed by atoms with E-state index >= 15 is 0 Å². The van der Waals surface area contributed by atoms with Crippen molar-refractivity contribution >= 4 is 0 Å². The first-order valence-electron chi connectivity index (χ1n) is 8.72. The van der Waals surface area contributed by atoms with Crippen LogP contribution in [0.3, 0.4) is 0 Å². The van der Waals surface area contributed by atoms with Crippen LogP contribution in [0, 0.1) is 0 Å². The zero-order valence-corrected chi connectivity index (χ0v) is 16.2. The van der Waals surface area contributed by atoms with Crippen LogP contribution >= 0.6 is 0 Å². The molecule has 0 N–H and O–H groups in total. The molecular weight excluding hydrogens is 304 g/mol. The molecule has 0 amide bonds. The second-order valence-corrected chi connectivity index (χ2v) is 9.50.